The average molecular weight is 961 g/mol. The summed E-state index contributed by atoms with van der Waals surface area (Å²) in [6, 6.07) is 44.5. The summed E-state index contributed by atoms with van der Waals surface area (Å²) in [4.78, 5) is 61.0. The van der Waals surface area contributed by atoms with Crippen molar-refractivity contribution in [3.8, 4) is 11.1 Å². The average Bonchev–Trinajstić information content (AvgIpc) is 3.94. The molecular weight excluding hydrogens is 909 g/mol. The van der Waals surface area contributed by atoms with Gasteiger partial charge in [0.15, 0.2) is 0 Å². The van der Waals surface area contributed by atoms with E-state index in [4.69, 9.17) is 49.3 Å². The highest BCUT2D eigenvalue weighted by atomic mass is 35.6. The molecule has 1 aliphatic heterocycles. The fourth-order valence-corrected chi connectivity index (χ4v) is 9.53. The number of carbonyl (C=O) groups is 4. The Kier molecular flexibility index (Phi) is 14.8. The molecule has 1 fully saturated rings. The first-order chi connectivity index (χ1) is 32.3. The highest BCUT2D eigenvalue weighted by Crippen LogP contribution is 2.45. The molecule has 5 aromatic carbocycles. The molecule has 6 aromatic rings. The van der Waals surface area contributed by atoms with Crippen molar-refractivity contribution in [3.05, 3.63) is 186 Å². The van der Waals surface area contributed by atoms with Gasteiger partial charge in [0, 0.05) is 25.1 Å². The van der Waals surface area contributed by atoms with E-state index in [9.17, 15) is 19.2 Å². The third-order valence-electron chi connectivity index (χ3n) is 12.6. The summed E-state index contributed by atoms with van der Waals surface area (Å²) in [5.74, 6) is -3.51. The van der Waals surface area contributed by atoms with Crippen LogP contribution in [0.1, 0.15) is 72.5 Å². The van der Waals surface area contributed by atoms with Crippen LogP contribution in [0.25, 0.3) is 11.1 Å². The fourth-order valence-electron chi connectivity index (χ4n) is 9.37. The summed E-state index contributed by atoms with van der Waals surface area (Å²) in [6.07, 6.45) is 4.22. The van der Waals surface area contributed by atoms with Crippen molar-refractivity contribution < 1.29 is 28.7 Å². The lowest BCUT2D eigenvalue weighted by Crippen LogP contribution is -2.61. The number of amides is 2. The Morgan fingerprint density at radius 1 is 0.761 bits per heavy atom. The van der Waals surface area contributed by atoms with Crippen LogP contribution in [0.15, 0.2) is 152 Å². The number of fused-ring (bicyclic) bond motifs is 3. The zero-order valence-corrected chi connectivity index (χ0v) is 39.5. The number of nitrogens with one attached hydrogen (secondary N) is 2. The van der Waals surface area contributed by atoms with Crippen LogP contribution >= 0.6 is 34.8 Å². The van der Waals surface area contributed by atoms with Crippen LogP contribution in [-0.2, 0) is 40.6 Å². The first-order valence-corrected chi connectivity index (χ1v) is 23.6. The molecule has 0 radical (unpaired) electrons. The molecule has 1 aromatic heterocycles. The SMILES string of the molecule is CC(C)[C@H](CC(=O)OCC1c2ccccc2-c2ccccc21)C(=O)N[C@@H](Cc1cn(C(c2ccccc2)(c2ccccc2)c2ccccc2)cn1)C(=O)N1CCC[C@@H](C(=O)OCC(Cl)(Cl)Cl)N1. The van der Waals surface area contributed by atoms with Crippen molar-refractivity contribution in [1.82, 2.24) is 25.3 Å². The number of hydrogen-bond acceptors (Lipinski definition) is 8. The number of carbonyl (C=O) groups excluding carboxylic acids is 4. The third kappa shape index (κ3) is 10.6. The third-order valence-corrected chi connectivity index (χ3v) is 13.0. The van der Waals surface area contributed by atoms with Gasteiger partial charge in [0.25, 0.3) is 5.91 Å². The van der Waals surface area contributed by atoms with Crippen LogP contribution in [0.5, 0.6) is 0 Å². The van der Waals surface area contributed by atoms with Gasteiger partial charge in [-0.15, -0.1) is 0 Å². The zero-order chi connectivity index (χ0) is 47.1. The van der Waals surface area contributed by atoms with E-state index >= 15 is 0 Å². The second-order valence-electron chi connectivity index (χ2n) is 17.3. The lowest BCUT2D eigenvalue weighted by molar-refractivity contribution is -0.153. The minimum absolute atomic E-state index is 0.0255. The monoisotopic (exact) mass is 959 g/mol. The van der Waals surface area contributed by atoms with Gasteiger partial charge >= 0.3 is 11.9 Å². The van der Waals surface area contributed by atoms with Crippen molar-refractivity contribution >= 4 is 58.6 Å². The molecule has 8 rings (SSSR count). The van der Waals surface area contributed by atoms with Gasteiger partial charge < -0.3 is 19.4 Å². The van der Waals surface area contributed by atoms with Gasteiger partial charge in [0.1, 0.15) is 30.8 Å². The minimum Gasteiger partial charge on any atom is -0.465 e. The van der Waals surface area contributed by atoms with Crippen molar-refractivity contribution in [2.24, 2.45) is 11.8 Å². The molecule has 0 unspecified atom stereocenters. The molecule has 2 aliphatic rings. The number of imidazole rings is 1. The molecule has 1 saturated heterocycles. The molecule has 14 heteroatoms. The molecule has 0 bridgehead atoms. The van der Waals surface area contributed by atoms with Crippen molar-refractivity contribution in [2.75, 3.05) is 19.8 Å². The van der Waals surface area contributed by atoms with Gasteiger partial charge in [-0.2, -0.15) is 0 Å². The van der Waals surface area contributed by atoms with Gasteiger partial charge in [-0.1, -0.05) is 188 Å². The van der Waals surface area contributed by atoms with Crippen LogP contribution in [0.4, 0.5) is 0 Å². The van der Waals surface area contributed by atoms with Crippen molar-refractivity contribution in [2.45, 2.75) is 66.9 Å². The zero-order valence-electron chi connectivity index (χ0n) is 37.2. The number of nitrogens with zero attached hydrogens (tertiary/aromatic N) is 3. The Morgan fingerprint density at radius 3 is 1.84 bits per heavy atom. The lowest BCUT2D eigenvalue weighted by atomic mass is 9.77. The summed E-state index contributed by atoms with van der Waals surface area (Å²) >= 11 is 17.6. The molecule has 2 N–H and O–H groups in total. The lowest BCUT2D eigenvalue weighted by Gasteiger charge is -2.37. The van der Waals surface area contributed by atoms with Crippen molar-refractivity contribution in [1.29, 1.82) is 0 Å². The highest BCUT2D eigenvalue weighted by molar-refractivity contribution is 6.67. The Hall–Kier alpha value is -5.98. The molecule has 67 heavy (non-hydrogen) atoms. The Balaban J connectivity index is 1.07. The first-order valence-electron chi connectivity index (χ1n) is 22.5. The quantitative estimate of drug-likeness (QED) is 0.0558. The summed E-state index contributed by atoms with van der Waals surface area (Å²) < 4.78 is 11.4. The summed E-state index contributed by atoms with van der Waals surface area (Å²) in [6.45, 7) is 3.59. The second-order valence-corrected chi connectivity index (χ2v) is 19.9. The first kappa shape index (κ1) is 47.5. The standard InChI is InChI=1S/C53H52Cl3N5O6/c1-35(2)44(30-48(62)66-32-45-42-25-14-12-23-40(42)41-24-13-15-26-43(41)45)49(63)58-47(50(64)61-28-16-27-46(59-61)51(65)67-33-52(54,55)56)29-39-31-60(34-57-39)53(36-17-6-3-7-18-36,37-19-8-4-9-20-37)38-21-10-5-11-22-38/h3-15,17-26,31,34-35,44-47,59H,16,27-30,32-33H2,1-2H3,(H,58,63)/t44-,46-,47-/m0/s1. The van der Waals surface area contributed by atoms with Gasteiger partial charge in [0.2, 0.25) is 9.70 Å². The number of halogens is 3. The van der Waals surface area contributed by atoms with Crippen LogP contribution in [-0.4, -0.2) is 73.9 Å². The molecule has 1 aliphatic carbocycles. The Morgan fingerprint density at radius 2 is 1.30 bits per heavy atom. The number of hydrogen-bond donors (Lipinski definition) is 2. The van der Waals surface area contributed by atoms with Gasteiger partial charge in [0.05, 0.1) is 24.4 Å². The Bertz CT molecular complexity index is 2530. The minimum atomic E-state index is -1.82. The normalized spacial score (nSPS) is 15.9. The topological polar surface area (TPSA) is 132 Å². The molecule has 0 spiro atoms. The van der Waals surface area contributed by atoms with E-state index in [1.165, 1.54) is 5.01 Å². The van der Waals surface area contributed by atoms with Crippen molar-refractivity contribution in [3.63, 3.8) is 0 Å². The number of aromatic nitrogens is 2. The van der Waals surface area contributed by atoms with E-state index in [-0.39, 0.29) is 37.8 Å². The molecule has 2 heterocycles. The summed E-state index contributed by atoms with van der Waals surface area (Å²) in [7, 11) is 0. The summed E-state index contributed by atoms with van der Waals surface area (Å²) in [5, 5.41) is 4.33. The second kappa shape index (κ2) is 20.9. The molecule has 11 nitrogen and oxygen atoms in total. The maximum Gasteiger partial charge on any atom is 0.325 e. The number of alkyl halides is 3. The van der Waals surface area contributed by atoms with E-state index in [1.807, 2.05) is 103 Å². The Labute approximate surface area is 405 Å². The van der Waals surface area contributed by atoms with Crippen LogP contribution in [0, 0.1) is 11.8 Å². The van der Waals surface area contributed by atoms with Crippen LogP contribution < -0.4 is 10.7 Å². The van der Waals surface area contributed by atoms with E-state index in [0.29, 0.717) is 18.5 Å². The molecular formula is C53H52Cl3N5O6. The highest BCUT2D eigenvalue weighted by Gasteiger charge is 2.40. The van der Waals surface area contributed by atoms with Gasteiger partial charge in [-0.3, -0.25) is 24.2 Å². The number of rotatable bonds is 16. The van der Waals surface area contributed by atoms with Crippen LogP contribution in [0.2, 0.25) is 0 Å². The number of benzene rings is 5. The number of ether oxygens (including phenoxy) is 2. The predicted molar refractivity (Wildman–Crippen MR) is 259 cm³/mol. The van der Waals surface area contributed by atoms with E-state index in [1.54, 1.807) is 6.33 Å². The molecule has 346 valence electrons. The number of hydrazine groups is 1. The molecule has 3 atom stereocenters. The smallest absolute Gasteiger partial charge is 0.325 e. The number of esters is 2. The van der Waals surface area contributed by atoms with E-state index < -0.39 is 57.7 Å². The maximum atomic E-state index is 14.8. The maximum absolute atomic E-state index is 14.8. The summed E-state index contributed by atoms with van der Waals surface area (Å²) in [5.41, 5.74) is 9.96. The molecule has 0 saturated carbocycles. The van der Waals surface area contributed by atoms with Crippen LogP contribution in [0.3, 0.4) is 0 Å². The largest absolute Gasteiger partial charge is 0.465 e. The fraction of sp³-hybridized carbons (Fsp3) is 0.302. The predicted octanol–water partition coefficient (Wildman–Crippen LogP) is 9.18. The van der Waals surface area contributed by atoms with E-state index in [2.05, 4.69) is 71.4 Å². The van der Waals surface area contributed by atoms with Gasteiger partial charge in [-0.25, -0.2) is 10.4 Å². The van der Waals surface area contributed by atoms with Gasteiger partial charge in [-0.05, 0) is 57.7 Å². The molecule has 2 amide bonds. The van der Waals surface area contributed by atoms with E-state index in [0.717, 1.165) is 38.9 Å².